The number of ketones is 1. The lowest BCUT2D eigenvalue weighted by atomic mass is 9.98. The van der Waals surface area contributed by atoms with Crippen LogP contribution in [0.15, 0.2) is 69.8 Å². The zero-order valence-corrected chi connectivity index (χ0v) is 16.5. The van der Waals surface area contributed by atoms with E-state index in [0.29, 0.717) is 37.1 Å². The number of anilines is 1. The molecule has 1 unspecified atom stereocenters. The first-order valence-electron chi connectivity index (χ1n) is 10.0. The summed E-state index contributed by atoms with van der Waals surface area (Å²) >= 11 is 0. The van der Waals surface area contributed by atoms with E-state index in [1.807, 2.05) is 54.6 Å². The number of nitrogens with zero attached hydrogens (tertiary/aromatic N) is 3. The second kappa shape index (κ2) is 8.42. The van der Waals surface area contributed by atoms with E-state index in [1.165, 1.54) is 0 Å². The lowest BCUT2D eigenvalue weighted by molar-refractivity contribution is -0.124. The van der Waals surface area contributed by atoms with Gasteiger partial charge >= 0.3 is 0 Å². The highest BCUT2D eigenvalue weighted by atomic mass is 16.2. The summed E-state index contributed by atoms with van der Waals surface area (Å²) in [6, 6.07) is 16.5. The van der Waals surface area contributed by atoms with Gasteiger partial charge in [-0.15, -0.1) is 12.3 Å². The molecule has 0 saturated carbocycles. The second-order valence-electron chi connectivity index (χ2n) is 7.52. The number of aliphatic imine (C=N–C) groups is 1. The van der Waals surface area contributed by atoms with E-state index in [1.54, 1.807) is 0 Å². The van der Waals surface area contributed by atoms with E-state index < -0.39 is 11.7 Å². The molecule has 0 radical (unpaired) electrons. The first-order chi connectivity index (χ1) is 14.6. The quantitative estimate of drug-likeness (QED) is 0.677. The van der Waals surface area contributed by atoms with Crippen molar-refractivity contribution >= 4 is 23.1 Å². The minimum atomic E-state index is -0.783. The number of amides is 1. The summed E-state index contributed by atoms with van der Waals surface area (Å²) < 4.78 is 0. The first kappa shape index (κ1) is 19.7. The predicted octanol–water partition coefficient (Wildman–Crippen LogP) is 4.16. The van der Waals surface area contributed by atoms with Gasteiger partial charge in [0.1, 0.15) is 11.8 Å². The van der Waals surface area contributed by atoms with Crippen molar-refractivity contribution < 1.29 is 9.59 Å². The van der Waals surface area contributed by atoms with Crippen molar-refractivity contribution in [3.05, 3.63) is 65.7 Å². The minimum absolute atomic E-state index is 0.0327. The second-order valence-corrected chi connectivity index (χ2v) is 7.52. The van der Waals surface area contributed by atoms with Crippen LogP contribution < -0.4 is 5.32 Å². The van der Waals surface area contributed by atoms with Crippen LogP contribution in [0, 0.1) is 12.3 Å². The van der Waals surface area contributed by atoms with Gasteiger partial charge < -0.3 is 5.32 Å². The van der Waals surface area contributed by atoms with Crippen LogP contribution in [0.1, 0.15) is 43.2 Å². The summed E-state index contributed by atoms with van der Waals surface area (Å²) in [5.41, 5.74) is 2.66. The number of rotatable bonds is 8. The molecule has 2 aliphatic rings. The molecule has 0 fully saturated rings. The number of para-hydroxylation sites is 1. The number of carbonyl (C=O) groups is 2. The van der Waals surface area contributed by atoms with Crippen LogP contribution in [-0.2, 0) is 9.59 Å². The van der Waals surface area contributed by atoms with E-state index in [-0.39, 0.29) is 18.1 Å². The molecular weight excluding hydrogens is 376 g/mol. The predicted molar refractivity (Wildman–Crippen MR) is 115 cm³/mol. The number of hydrogen-bond donors (Lipinski definition) is 1. The van der Waals surface area contributed by atoms with E-state index in [9.17, 15) is 9.59 Å². The smallest absolute Gasteiger partial charge is 0.249 e. The minimum Gasteiger partial charge on any atom is -0.324 e. The average molecular weight is 398 g/mol. The van der Waals surface area contributed by atoms with Crippen molar-refractivity contribution in [1.82, 2.24) is 0 Å². The van der Waals surface area contributed by atoms with Crippen molar-refractivity contribution in [3.8, 4) is 12.3 Å². The van der Waals surface area contributed by atoms with Crippen molar-refractivity contribution in [2.24, 2.45) is 15.2 Å². The van der Waals surface area contributed by atoms with Crippen molar-refractivity contribution in [1.29, 1.82) is 0 Å². The van der Waals surface area contributed by atoms with Gasteiger partial charge in [-0.05, 0) is 6.07 Å². The van der Waals surface area contributed by atoms with Gasteiger partial charge in [-0.3, -0.25) is 14.6 Å². The molecule has 1 atom stereocenters. The highest BCUT2D eigenvalue weighted by Crippen LogP contribution is 2.37. The summed E-state index contributed by atoms with van der Waals surface area (Å²) in [6.07, 6.45) is 7.41. The zero-order chi connectivity index (χ0) is 21.0. The third-order valence-electron chi connectivity index (χ3n) is 5.35. The van der Waals surface area contributed by atoms with Crippen molar-refractivity contribution in [3.63, 3.8) is 0 Å². The molecule has 0 bridgehead atoms. The third-order valence-corrected chi connectivity index (χ3v) is 5.35. The Morgan fingerprint density at radius 1 is 1.07 bits per heavy atom. The van der Waals surface area contributed by atoms with Gasteiger partial charge in [-0.2, -0.15) is 10.2 Å². The van der Waals surface area contributed by atoms with Gasteiger partial charge in [0.2, 0.25) is 5.91 Å². The van der Waals surface area contributed by atoms with Crippen LogP contribution in [0.5, 0.6) is 0 Å². The van der Waals surface area contributed by atoms with Crippen LogP contribution in [-0.4, -0.2) is 29.1 Å². The Bertz CT molecular complexity index is 1060. The molecule has 0 saturated heterocycles. The van der Waals surface area contributed by atoms with Crippen LogP contribution >= 0.6 is 0 Å². The number of Topliss-reactive ketones (excluding diaryl/α,β-unsaturated/α-hetero) is 1. The molecule has 2 aromatic rings. The Hall–Kier alpha value is -3.59. The highest BCUT2D eigenvalue weighted by molar-refractivity contribution is 6.19. The average Bonchev–Trinajstić information content (AvgIpc) is 3.56. The molecule has 0 aliphatic carbocycles. The number of fused-ring (bicyclic) bond motifs is 1. The first-order valence-corrected chi connectivity index (χ1v) is 10.0. The third kappa shape index (κ3) is 4.36. The van der Waals surface area contributed by atoms with Gasteiger partial charge in [0.15, 0.2) is 5.66 Å². The molecule has 0 spiro atoms. The highest BCUT2D eigenvalue weighted by Gasteiger charge is 2.39. The SMILES string of the molecule is C#CCCC1(CCC(=O)CC2N=C(c3ccccc3)c3ccccc3NC2=O)N=N1. The number of carbonyl (C=O) groups excluding carboxylic acids is 2. The fraction of sp³-hybridized carbons (Fsp3) is 0.292. The molecule has 150 valence electrons. The molecule has 4 rings (SSSR count). The number of nitrogens with one attached hydrogen (secondary N) is 1. The number of hydrogen-bond acceptors (Lipinski definition) is 5. The van der Waals surface area contributed by atoms with Gasteiger partial charge in [0.05, 0.1) is 11.4 Å². The maximum absolute atomic E-state index is 12.8. The molecule has 6 heteroatoms. The number of benzene rings is 2. The molecule has 2 aromatic carbocycles. The van der Waals surface area contributed by atoms with E-state index in [0.717, 1.165) is 11.1 Å². The normalized spacial score (nSPS) is 18.4. The fourth-order valence-corrected chi connectivity index (χ4v) is 3.59. The van der Waals surface area contributed by atoms with E-state index in [4.69, 9.17) is 11.4 Å². The van der Waals surface area contributed by atoms with Crippen molar-refractivity contribution in [2.75, 3.05) is 5.32 Å². The Labute approximate surface area is 175 Å². The number of terminal acetylenes is 1. The monoisotopic (exact) mass is 398 g/mol. The molecule has 2 heterocycles. The summed E-state index contributed by atoms with van der Waals surface area (Å²) in [4.78, 5) is 30.2. The van der Waals surface area contributed by atoms with Crippen molar-refractivity contribution in [2.45, 2.75) is 43.8 Å². The summed E-state index contributed by atoms with van der Waals surface area (Å²) in [6.45, 7) is 0. The topological polar surface area (TPSA) is 83.2 Å². The van der Waals surface area contributed by atoms with Gasteiger partial charge in [0, 0.05) is 43.2 Å². The Kier molecular flexibility index (Phi) is 5.53. The van der Waals surface area contributed by atoms with E-state index in [2.05, 4.69) is 21.5 Å². The Balaban J connectivity index is 1.52. The lowest BCUT2D eigenvalue weighted by Gasteiger charge is -2.12. The van der Waals surface area contributed by atoms with E-state index >= 15 is 0 Å². The molecule has 1 N–H and O–H groups in total. The molecule has 6 nitrogen and oxygen atoms in total. The summed E-state index contributed by atoms with van der Waals surface area (Å²) in [5, 5.41) is 11.1. The molecule has 0 aromatic heterocycles. The van der Waals surface area contributed by atoms with Gasteiger partial charge in [0.25, 0.3) is 0 Å². The molecule has 30 heavy (non-hydrogen) atoms. The Morgan fingerprint density at radius 3 is 2.53 bits per heavy atom. The maximum Gasteiger partial charge on any atom is 0.249 e. The van der Waals surface area contributed by atoms with Crippen LogP contribution in [0.25, 0.3) is 0 Å². The van der Waals surface area contributed by atoms with Crippen LogP contribution in [0.3, 0.4) is 0 Å². The summed E-state index contributed by atoms with van der Waals surface area (Å²) in [5.74, 6) is 2.28. The van der Waals surface area contributed by atoms with Crippen LogP contribution in [0.4, 0.5) is 5.69 Å². The fourth-order valence-electron chi connectivity index (χ4n) is 3.59. The largest absolute Gasteiger partial charge is 0.324 e. The lowest BCUT2D eigenvalue weighted by Crippen LogP contribution is -2.28. The molecular formula is C24H22N4O2. The van der Waals surface area contributed by atoms with Crippen LogP contribution in [0.2, 0.25) is 0 Å². The molecule has 2 aliphatic heterocycles. The molecule has 1 amide bonds. The van der Waals surface area contributed by atoms with Gasteiger partial charge in [-0.25, -0.2) is 0 Å². The Morgan fingerprint density at radius 2 is 1.80 bits per heavy atom. The maximum atomic E-state index is 12.8. The standard InChI is InChI=1S/C24H22N4O2/c1-2-3-14-24(27-28-24)15-13-18(29)16-21-23(30)26-20-12-8-7-11-19(20)22(25-21)17-9-5-4-6-10-17/h1,4-12,21H,3,13-16H2,(H,26,30). The summed E-state index contributed by atoms with van der Waals surface area (Å²) in [7, 11) is 0. The van der Waals surface area contributed by atoms with Gasteiger partial charge in [-0.1, -0.05) is 48.5 Å². The zero-order valence-electron chi connectivity index (χ0n) is 16.5. The number of benzodiazepines with no additional fused rings is 1.